The number of anilines is 1. The van der Waals surface area contributed by atoms with Crippen molar-refractivity contribution in [3.63, 3.8) is 0 Å². The van der Waals surface area contributed by atoms with Crippen LogP contribution in [0.1, 0.15) is 5.69 Å². The largest absolute Gasteiger partial charge is 0.354 e. The second-order valence-electron chi connectivity index (χ2n) is 5.71. The molecular weight excluding hydrogens is 280 g/mol. The van der Waals surface area contributed by atoms with Gasteiger partial charge in [-0.25, -0.2) is 4.79 Å². The van der Waals surface area contributed by atoms with Gasteiger partial charge in [0.15, 0.2) is 5.76 Å². The van der Waals surface area contributed by atoms with Crippen LogP contribution in [0.15, 0.2) is 34.9 Å². The Kier molecular flexibility index (Phi) is 4.11. The number of carbonyl (C=O) groups is 1. The minimum Gasteiger partial charge on any atom is -0.354 e. The maximum Gasteiger partial charge on any atom is 0.322 e. The highest BCUT2D eigenvalue weighted by atomic mass is 16.5. The molecule has 1 aliphatic rings. The van der Waals surface area contributed by atoms with E-state index in [2.05, 4.69) is 17.5 Å². The summed E-state index contributed by atoms with van der Waals surface area (Å²) in [5.41, 5.74) is 2.25. The van der Waals surface area contributed by atoms with Crippen molar-refractivity contribution >= 4 is 11.7 Å². The van der Waals surface area contributed by atoms with Gasteiger partial charge < -0.3 is 19.6 Å². The second-order valence-corrected chi connectivity index (χ2v) is 5.71. The number of likely N-dealkylation sites (N-methyl/N-ethyl adjacent to an activating group) is 1. The molecule has 0 radical (unpaired) electrons. The van der Waals surface area contributed by atoms with Crippen molar-refractivity contribution in [3.05, 3.63) is 36.0 Å². The number of hydrogen-bond donors (Lipinski definition) is 2. The molecule has 1 aliphatic heterocycles. The number of aromatic nitrogens is 1. The Morgan fingerprint density at radius 3 is 2.64 bits per heavy atom. The van der Waals surface area contributed by atoms with Crippen molar-refractivity contribution in [1.29, 1.82) is 0 Å². The summed E-state index contributed by atoms with van der Waals surface area (Å²) in [5, 5.41) is 6.95. The Balaban J connectivity index is 1.78. The van der Waals surface area contributed by atoms with Crippen LogP contribution in [0.5, 0.6) is 0 Å². The molecular formula is C16H21N4O2+. The Morgan fingerprint density at radius 1 is 1.27 bits per heavy atom. The van der Waals surface area contributed by atoms with Crippen LogP contribution in [0.4, 0.5) is 10.5 Å². The number of aryl methyl sites for hydroxylation is 1. The summed E-state index contributed by atoms with van der Waals surface area (Å²) >= 11 is 0. The Bertz CT molecular complexity index is 645. The van der Waals surface area contributed by atoms with Gasteiger partial charge in [0.25, 0.3) is 0 Å². The van der Waals surface area contributed by atoms with Gasteiger partial charge in [0.1, 0.15) is 11.4 Å². The molecule has 116 valence electrons. The molecule has 6 nitrogen and oxygen atoms in total. The van der Waals surface area contributed by atoms with Crippen molar-refractivity contribution in [3.8, 4) is 11.3 Å². The molecule has 0 atom stereocenters. The fraction of sp³-hybridized carbons (Fsp3) is 0.375. The molecule has 2 aromatic rings. The maximum absolute atomic E-state index is 12.4. The molecule has 1 saturated heterocycles. The zero-order valence-electron chi connectivity index (χ0n) is 12.9. The monoisotopic (exact) mass is 301 g/mol. The third-order valence-corrected chi connectivity index (χ3v) is 4.03. The first kappa shape index (κ1) is 14.6. The van der Waals surface area contributed by atoms with E-state index in [1.54, 1.807) is 0 Å². The van der Waals surface area contributed by atoms with E-state index < -0.39 is 0 Å². The van der Waals surface area contributed by atoms with Crippen molar-refractivity contribution in [2.24, 2.45) is 0 Å². The smallest absolute Gasteiger partial charge is 0.322 e. The number of nitrogens with one attached hydrogen (secondary N) is 2. The fourth-order valence-electron chi connectivity index (χ4n) is 2.58. The third kappa shape index (κ3) is 2.96. The van der Waals surface area contributed by atoms with Crippen molar-refractivity contribution in [2.45, 2.75) is 6.92 Å². The fourth-order valence-corrected chi connectivity index (χ4v) is 2.58. The van der Waals surface area contributed by atoms with E-state index in [0.29, 0.717) is 17.1 Å². The Hall–Kier alpha value is -2.34. The molecule has 2 heterocycles. The summed E-state index contributed by atoms with van der Waals surface area (Å²) in [7, 11) is 2.15. The predicted molar refractivity (Wildman–Crippen MR) is 83.9 cm³/mol. The minimum atomic E-state index is -0.0871. The lowest BCUT2D eigenvalue weighted by molar-refractivity contribution is -0.883. The molecule has 0 unspecified atom stereocenters. The average Bonchev–Trinajstić information content (AvgIpc) is 2.90. The molecule has 1 aromatic carbocycles. The van der Waals surface area contributed by atoms with E-state index in [-0.39, 0.29) is 6.03 Å². The topological polar surface area (TPSA) is 62.8 Å². The van der Waals surface area contributed by atoms with Crippen molar-refractivity contribution in [1.82, 2.24) is 10.1 Å². The zero-order valence-corrected chi connectivity index (χ0v) is 12.9. The van der Waals surface area contributed by atoms with Crippen LogP contribution in [0.25, 0.3) is 11.3 Å². The number of nitrogens with zero attached hydrogens (tertiary/aromatic N) is 2. The summed E-state index contributed by atoms with van der Waals surface area (Å²) < 4.78 is 5.40. The molecule has 6 heteroatoms. The number of hydrogen-bond acceptors (Lipinski definition) is 3. The summed E-state index contributed by atoms with van der Waals surface area (Å²) in [6.45, 7) is 5.31. The van der Waals surface area contributed by atoms with E-state index in [4.69, 9.17) is 4.52 Å². The van der Waals surface area contributed by atoms with Crippen LogP contribution < -0.4 is 10.2 Å². The number of quaternary nitrogens is 1. The first-order chi connectivity index (χ1) is 10.6. The van der Waals surface area contributed by atoms with E-state index in [1.807, 2.05) is 42.2 Å². The quantitative estimate of drug-likeness (QED) is 0.870. The standard InChI is InChI=1S/C16H20N4O2/c1-12-14(15(22-18-12)13-6-4-3-5-7-13)17-16(21)20-10-8-19(2)9-11-20/h3-7H,8-11H2,1-2H3,(H,17,21)/p+1. The van der Waals surface area contributed by atoms with Crippen LogP contribution in [0, 0.1) is 6.92 Å². The van der Waals surface area contributed by atoms with Gasteiger partial charge in [-0.05, 0) is 6.92 Å². The number of piperazine rings is 1. The second kappa shape index (κ2) is 6.19. The Labute approximate surface area is 129 Å². The van der Waals surface area contributed by atoms with Gasteiger partial charge >= 0.3 is 6.03 Å². The van der Waals surface area contributed by atoms with E-state index in [0.717, 1.165) is 31.7 Å². The van der Waals surface area contributed by atoms with Gasteiger partial charge in [0.2, 0.25) is 0 Å². The van der Waals surface area contributed by atoms with Crippen molar-refractivity contribution in [2.75, 3.05) is 38.5 Å². The van der Waals surface area contributed by atoms with E-state index in [9.17, 15) is 4.79 Å². The van der Waals surface area contributed by atoms with E-state index >= 15 is 0 Å². The number of carbonyl (C=O) groups excluding carboxylic acids is 1. The van der Waals surface area contributed by atoms with Crippen molar-refractivity contribution < 1.29 is 14.2 Å². The predicted octanol–water partition coefficient (Wildman–Crippen LogP) is 1.01. The van der Waals surface area contributed by atoms with E-state index in [1.165, 1.54) is 4.90 Å². The van der Waals surface area contributed by atoms with Gasteiger partial charge in [-0.15, -0.1) is 0 Å². The highest BCUT2D eigenvalue weighted by molar-refractivity contribution is 5.94. The molecule has 0 saturated carbocycles. The lowest BCUT2D eigenvalue weighted by Crippen LogP contribution is -3.12. The van der Waals surface area contributed by atoms with Gasteiger partial charge in [-0.1, -0.05) is 35.5 Å². The molecule has 0 aliphatic carbocycles. The van der Waals surface area contributed by atoms with Gasteiger partial charge in [0, 0.05) is 5.56 Å². The van der Waals surface area contributed by atoms with Gasteiger partial charge in [-0.3, -0.25) is 0 Å². The molecule has 3 rings (SSSR count). The summed E-state index contributed by atoms with van der Waals surface area (Å²) in [5.74, 6) is 0.603. The van der Waals surface area contributed by atoms with Crippen LogP contribution in [-0.2, 0) is 0 Å². The first-order valence-electron chi connectivity index (χ1n) is 7.54. The Morgan fingerprint density at radius 2 is 1.95 bits per heavy atom. The maximum atomic E-state index is 12.4. The molecule has 1 aromatic heterocycles. The molecule has 2 amide bonds. The number of benzene rings is 1. The van der Waals surface area contributed by atoms with Gasteiger partial charge in [0.05, 0.1) is 33.2 Å². The molecule has 22 heavy (non-hydrogen) atoms. The lowest BCUT2D eigenvalue weighted by atomic mass is 10.1. The van der Waals surface area contributed by atoms with Gasteiger partial charge in [-0.2, -0.15) is 0 Å². The number of amides is 2. The minimum absolute atomic E-state index is 0.0871. The summed E-state index contributed by atoms with van der Waals surface area (Å²) in [6.07, 6.45) is 0. The SMILES string of the molecule is Cc1noc(-c2ccccc2)c1NC(=O)N1CC[NH+](C)CC1. The molecule has 0 spiro atoms. The zero-order chi connectivity index (χ0) is 15.5. The highest BCUT2D eigenvalue weighted by Gasteiger charge is 2.24. The van der Waals surface area contributed by atoms with Crippen LogP contribution >= 0.6 is 0 Å². The third-order valence-electron chi connectivity index (χ3n) is 4.03. The normalized spacial score (nSPS) is 15.8. The van der Waals surface area contributed by atoms with Crippen LogP contribution in [-0.4, -0.2) is 49.3 Å². The first-order valence-corrected chi connectivity index (χ1v) is 7.54. The number of urea groups is 1. The van der Waals surface area contributed by atoms with Crippen LogP contribution in [0.3, 0.4) is 0 Å². The molecule has 1 fully saturated rings. The van der Waals surface area contributed by atoms with Crippen LogP contribution in [0.2, 0.25) is 0 Å². The highest BCUT2D eigenvalue weighted by Crippen LogP contribution is 2.30. The number of rotatable bonds is 2. The lowest BCUT2D eigenvalue weighted by Gasteiger charge is -2.30. The molecule has 2 N–H and O–H groups in total. The summed E-state index contributed by atoms with van der Waals surface area (Å²) in [4.78, 5) is 15.7. The summed E-state index contributed by atoms with van der Waals surface area (Å²) in [6, 6.07) is 9.60. The average molecular weight is 301 g/mol. The molecule has 0 bridgehead atoms.